The van der Waals surface area contributed by atoms with Crippen molar-refractivity contribution in [2.75, 3.05) is 11.9 Å². The summed E-state index contributed by atoms with van der Waals surface area (Å²) in [6.45, 7) is 2.94. The van der Waals surface area contributed by atoms with Crippen LogP contribution in [0, 0.1) is 6.92 Å². The molecule has 1 unspecified atom stereocenters. The molecule has 0 bridgehead atoms. The molecule has 0 aliphatic carbocycles. The Kier molecular flexibility index (Phi) is 2.62. The Morgan fingerprint density at radius 3 is 3.13 bits per heavy atom. The predicted molar refractivity (Wildman–Crippen MR) is 59.3 cm³/mol. The topological polar surface area (TPSA) is 49.3 Å². The lowest BCUT2D eigenvalue weighted by molar-refractivity contribution is -0.137. The van der Waals surface area contributed by atoms with Crippen molar-refractivity contribution in [2.24, 2.45) is 0 Å². The molecule has 3 heteroatoms. The number of fused-ring (bicyclic) bond motifs is 1. The number of carboxylic acids is 1. The summed E-state index contributed by atoms with van der Waals surface area (Å²) in [5.74, 6) is -0.355. The Labute approximate surface area is 89.1 Å². The number of carbonyl (C=O) groups is 1. The lowest BCUT2D eigenvalue weighted by Crippen LogP contribution is -2.05. The SMILES string of the molecule is Cc1cccc2c1NCC2CCC(=O)O. The van der Waals surface area contributed by atoms with Crippen molar-refractivity contribution in [1.29, 1.82) is 0 Å². The minimum absolute atomic E-state index is 0.250. The number of aryl methyl sites for hydroxylation is 1. The molecule has 0 saturated heterocycles. The summed E-state index contributed by atoms with van der Waals surface area (Å²) < 4.78 is 0. The van der Waals surface area contributed by atoms with Crippen LogP contribution < -0.4 is 5.32 Å². The summed E-state index contributed by atoms with van der Waals surface area (Å²) in [6.07, 6.45) is 0.971. The molecule has 80 valence electrons. The number of carboxylic acid groups (broad SMARTS) is 1. The molecule has 0 fully saturated rings. The molecule has 1 heterocycles. The maximum absolute atomic E-state index is 10.5. The van der Waals surface area contributed by atoms with Crippen LogP contribution in [0.5, 0.6) is 0 Å². The zero-order valence-electron chi connectivity index (χ0n) is 8.79. The Morgan fingerprint density at radius 1 is 1.60 bits per heavy atom. The molecule has 1 aliphatic heterocycles. The molecule has 1 atom stereocenters. The molecule has 1 aromatic carbocycles. The van der Waals surface area contributed by atoms with E-state index in [1.54, 1.807) is 0 Å². The van der Waals surface area contributed by atoms with E-state index in [2.05, 4.69) is 24.4 Å². The van der Waals surface area contributed by atoms with E-state index in [1.807, 2.05) is 6.07 Å². The second-order valence-electron chi connectivity index (χ2n) is 4.05. The second-order valence-corrected chi connectivity index (χ2v) is 4.05. The van der Waals surface area contributed by atoms with Gasteiger partial charge >= 0.3 is 5.97 Å². The number of hydrogen-bond acceptors (Lipinski definition) is 2. The Bertz CT molecular complexity index is 387. The number of rotatable bonds is 3. The molecule has 0 radical (unpaired) electrons. The summed E-state index contributed by atoms with van der Waals surface area (Å²) in [4.78, 5) is 10.5. The van der Waals surface area contributed by atoms with Crippen molar-refractivity contribution in [2.45, 2.75) is 25.7 Å². The van der Waals surface area contributed by atoms with E-state index < -0.39 is 5.97 Å². The third-order valence-corrected chi connectivity index (χ3v) is 2.98. The van der Waals surface area contributed by atoms with Crippen LogP contribution in [0.15, 0.2) is 18.2 Å². The summed E-state index contributed by atoms with van der Waals surface area (Å²) in [5.41, 5.74) is 3.72. The molecule has 0 aromatic heterocycles. The molecule has 0 amide bonds. The van der Waals surface area contributed by atoms with Gasteiger partial charge < -0.3 is 10.4 Å². The quantitative estimate of drug-likeness (QED) is 0.796. The normalized spacial score (nSPS) is 18.3. The van der Waals surface area contributed by atoms with Crippen LogP contribution in [0.3, 0.4) is 0 Å². The number of para-hydroxylation sites is 1. The fourth-order valence-electron chi connectivity index (χ4n) is 2.16. The number of hydrogen-bond donors (Lipinski definition) is 2. The number of nitrogens with one attached hydrogen (secondary N) is 1. The van der Waals surface area contributed by atoms with Gasteiger partial charge in [0.05, 0.1) is 0 Å². The van der Waals surface area contributed by atoms with E-state index in [4.69, 9.17) is 5.11 Å². The standard InChI is InChI=1S/C12H15NO2/c1-8-3-2-4-10-9(5-6-11(14)15)7-13-12(8)10/h2-4,9,13H,5-7H2,1H3,(H,14,15). The van der Waals surface area contributed by atoms with Crippen LogP contribution in [0.25, 0.3) is 0 Å². The monoisotopic (exact) mass is 205 g/mol. The van der Waals surface area contributed by atoms with E-state index in [0.717, 1.165) is 13.0 Å². The van der Waals surface area contributed by atoms with E-state index in [-0.39, 0.29) is 6.42 Å². The van der Waals surface area contributed by atoms with Crippen molar-refractivity contribution < 1.29 is 9.90 Å². The van der Waals surface area contributed by atoms with Gasteiger partial charge in [0.2, 0.25) is 0 Å². The molecule has 0 spiro atoms. The molecule has 3 nitrogen and oxygen atoms in total. The molecular weight excluding hydrogens is 190 g/mol. The molecule has 2 N–H and O–H groups in total. The van der Waals surface area contributed by atoms with Crippen LogP contribution in [0.1, 0.15) is 29.9 Å². The van der Waals surface area contributed by atoms with Crippen molar-refractivity contribution in [3.63, 3.8) is 0 Å². The first kappa shape index (κ1) is 10.0. The molecule has 1 aromatic rings. The zero-order valence-corrected chi connectivity index (χ0v) is 8.79. The van der Waals surface area contributed by atoms with Gasteiger partial charge in [-0.05, 0) is 24.5 Å². The molecule has 1 aliphatic rings. The van der Waals surface area contributed by atoms with Gasteiger partial charge in [-0.15, -0.1) is 0 Å². The van der Waals surface area contributed by atoms with E-state index >= 15 is 0 Å². The van der Waals surface area contributed by atoms with Crippen molar-refractivity contribution >= 4 is 11.7 Å². The summed E-state index contributed by atoms with van der Waals surface area (Å²) >= 11 is 0. The maximum atomic E-state index is 10.5. The predicted octanol–water partition coefficient (Wildman–Crippen LogP) is 2.37. The number of anilines is 1. The molecule has 0 saturated carbocycles. The van der Waals surface area contributed by atoms with Crippen LogP contribution in [0.2, 0.25) is 0 Å². The maximum Gasteiger partial charge on any atom is 0.303 e. The van der Waals surface area contributed by atoms with Crippen molar-refractivity contribution in [1.82, 2.24) is 0 Å². The van der Waals surface area contributed by atoms with E-state index in [9.17, 15) is 4.79 Å². The number of aliphatic carboxylic acids is 1. The third kappa shape index (κ3) is 1.96. The van der Waals surface area contributed by atoms with Crippen molar-refractivity contribution in [3.05, 3.63) is 29.3 Å². The van der Waals surface area contributed by atoms with E-state index in [0.29, 0.717) is 5.92 Å². The summed E-state index contributed by atoms with van der Waals surface area (Å²) in [6, 6.07) is 6.20. The van der Waals surface area contributed by atoms with Gasteiger partial charge in [0.25, 0.3) is 0 Å². The lowest BCUT2D eigenvalue weighted by Gasteiger charge is -2.08. The second kappa shape index (κ2) is 3.93. The van der Waals surface area contributed by atoms with Crippen LogP contribution >= 0.6 is 0 Å². The molecule has 2 rings (SSSR count). The van der Waals surface area contributed by atoms with Gasteiger partial charge in [-0.25, -0.2) is 0 Å². The zero-order chi connectivity index (χ0) is 10.8. The van der Waals surface area contributed by atoms with Crippen LogP contribution in [0.4, 0.5) is 5.69 Å². The van der Waals surface area contributed by atoms with Crippen LogP contribution in [-0.2, 0) is 4.79 Å². The summed E-state index contributed by atoms with van der Waals surface area (Å²) in [7, 11) is 0. The summed E-state index contributed by atoms with van der Waals surface area (Å²) in [5, 5.41) is 12.0. The smallest absolute Gasteiger partial charge is 0.303 e. The van der Waals surface area contributed by atoms with Crippen molar-refractivity contribution in [3.8, 4) is 0 Å². The number of benzene rings is 1. The Hall–Kier alpha value is -1.51. The molecular formula is C12H15NO2. The van der Waals surface area contributed by atoms with Gasteiger partial charge in [-0.3, -0.25) is 4.79 Å². The highest BCUT2D eigenvalue weighted by Gasteiger charge is 2.23. The first-order valence-corrected chi connectivity index (χ1v) is 5.23. The highest BCUT2D eigenvalue weighted by atomic mass is 16.4. The fourth-order valence-corrected chi connectivity index (χ4v) is 2.16. The molecule has 15 heavy (non-hydrogen) atoms. The van der Waals surface area contributed by atoms with Gasteiger partial charge in [0.1, 0.15) is 0 Å². The Balaban J connectivity index is 2.14. The average Bonchev–Trinajstić information content (AvgIpc) is 2.59. The largest absolute Gasteiger partial charge is 0.481 e. The van der Waals surface area contributed by atoms with Crippen LogP contribution in [-0.4, -0.2) is 17.6 Å². The van der Waals surface area contributed by atoms with Gasteiger partial charge in [-0.2, -0.15) is 0 Å². The highest BCUT2D eigenvalue weighted by Crippen LogP contribution is 2.36. The minimum atomic E-state index is -0.712. The Morgan fingerprint density at radius 2 is 2.40 bits per heavy atom. The first-order chi connectivity index (χ1) is 7.18. The van der Waals surface area contributed by atoms with Gasteiger partial charge in [0.15, 0.2) is 0 Å². The minimum Gasteiger partial charge on any atom is -0.481 e. The van der Waals surface area contributed by atoms with E-state index in [1.165, 1.54) is 16.8 Å². The average molecular weight is 205 g/mol. The fraction of sp³-hybridized carbons (Fsp3) is 0.417. The van der Waals surface area contributed by atoms with Gasteiger partial charge in [0, 0.05) is 24.6 Å². The first-order valence-electron chi connectivity index (χ1n) is 5.23. The van der Waals surface area contributed by atoms with Gasteiger partial charge in [-0.1, -0.05) is 18.2 Å². The lowest BCUT2D eigenvalue weighted by atomic mass is 9.95. The third-order valence-electron chi connectivity index (χ3n) is 2.98. The highest BCUT2D eigenvalue weighted by molar-refractivity contribution is 5.67.